The average Bonchev–Trinajstić information content (AvgIpc) is 2.59. The third-order valence-corrected chi connectivity index (χ3v) is 2.67. The predicted octanol–water partition coefficient (Wildman–Crippen LogP) is 1.80. The molecule has 0 saturated carbocycles. The summed E-state index contributed by atoms with van der Waals surface area (Å²) < 4.78 is 4.86. The third-order valence-electron chi connectivity index (χ3n) is 1.71. The predicted molar refractivity (Wildman–Crippen MR) is 62.5 cm³/mol. The Morgan fingerprint density at radius 2 is 2.31 bits per heavy atom. The SMILES string of the molecule is C#CC(=O)Nc1sc(C)cc1C(=O)OCC. The van der Waals surface area contributed by atoms with Crippen molar-refractivity contribution in [2.24, 2.45) is 0 Å². The highest BCUT2D eigenvalue weighted by Crippen LogP contribution is 2.28. The Morgan fingerprint density at radius 3 is 2.88 bits per heavy atom. The average molecular weight is 237 g/mol. The van der Waals surface area contributed by atoms with Gasteiger partial charge < -0.3 is 10.1 Å². The summed E-state index contributed by atoms with van der Waals surface area (Å²) in [5, 5.41) is 2.89. The van der Waals surface area contributed by atoms with Crippen molar-refractivity contribution in [3.8, 4) is 12.3 Å². The van der Waals surface area contributed by atoms with E-state index < -0.39 is 11.9 Å². The lowest BCUT2D eigenvalue weighted by atomic mass is 10.3. The Morgan fingerprint density at radius 1 is 1.62 bits per heavy atom. The molecule has 4 nitrogen and oxygen atoms in total. The van der Waals surface area contributed by atoms with E-state index in [1.165, 1.54) is 11.3 Å². The number of nitrogens with one attached hydrogen (secondary N) is 1. The summed E-state index contributed by atoms with van der Waals surface area (Å²) in [4.78, 5) is 23.5. The molecule has 0 aliphatic carbocycles. The molecule has 0 aliphatic rings. The quantitative estimate of drug-likeness (QED) is 0.644. The lowest BCUT2D eigenvalue weighted by Crippen LogP contribution is -2.11. The van der Waals surface area contributed by atoms with Crippen molar-refractivity contribution >= 4 is 28.2 Å². The van der Waals surface area contributed by atoms with Crippen LogP contribution >= 0.6 is 11.3 Å². The molecule has 0 bridgehead atoms. The van der Waals surface area contributed by atoms with Gasteiger partial charge in [-0.3, -0.25) is 4.79 Å². The number of hydrogen-bond acceptors (Lipinski definition) is 4. The highest BCUT2D eigenvalue weighted by atomic mass is 32.1. The van der Waals surface area contributed by atoms with Crippen LogP contribution in [0.1, 0.15) is 22.2 Å². The Labute approximate surface area is 97.6 Å². The van der Waals surface area contributed by atoms with Crippen LogP contribution in [-0.2, 0) is 9.53 Å². The fourth-order valence-electron chi connectivity index (χ4n) is 1.11. The Kier molecular flexibility index (Phi) is 4.09. The molecule has 16 heavy (non-hydrogen) atoms. The lowest BCUT2D eigenvalue weighted by Gasteiger charge is -2.02. The molecule has 0 unspecified atom stereocenters. The van der Waals surface area contributed by atoms with Gasteiger partial charge in [-0.15, -0.1) is 17.8 Å². The number of hydrogen-bond donors (Lipinski definition) is 1. The molecule has 0 saturated heterocycles. The van der Waals surface area contributed by atoms with Crippen molar-refractivity contribution < 1.29 is 14.3 Å². The van der Waals surface area contributed by atoms with Gasteiger partial charge in [0.15, 0.2) is 0 Å². The minimum absolute atomic E-state index is 0.288. The molecule has 0 spiro atoms. The maximum Gasteiger partial charge on any atom is 0.341 e. The highest BCUT2D eigenvalue weighted by Gasteiger charge is 2.16. The Bertz CT molecular complexity index is 456. The van der Waals surface area contributed by atoms with Gasteiger partial charge in [-0.2, -0.15) is 0 Å². The highest BCUT2D eigenvalue weighted by molar-refractivity contribution is 7.16. The van der Waals surface area contributed by atoms with Crippen LogP contribution in [-0.4, -0.2) is 18.5 Å². The first-order chi connectivity index (χ1) is 7.58. The van der Waals surface area contributed by atoms with E-state index in [1.54, 1.807) is 13.0 Å². The number of terminal acetylenes is 1. The maximum atomic E-state index is 11.5. The molecule has 0 atom stereocenters. The number of thiophene rings is 1. The lowest BCUT2D eigenvalue weighted by molar-refractivity contribution is -0.111. The number of aryl methyl sites for hydroxylation is 1. The molecule has 84 valence electrons. The fraction of sp³-hybridized carbons (Fsp3) is 0.273. The molecule has 1 aromatic heterocycles. The number of ether oxygens (including phenoxy) is 1. The monoisotopic (exact) mass is 237 g/mol. The minimum Gasteiger partial charge on any atom is -0.462 e. The van der Waals surface area contributed by atoms with Crippen molar-refractivity contribution in [1.82, 2.24) is 0 Å². The van der Waals surface area contributed by atoms with Crippen LogP contribution in [0.3, 0.4) is 0 Å². The number of carbonyl (C=O) groups is 2. The Hall–Kier alpha value is -1.80. The van der Waals surface area contributed by atoms with Gasteiger partial charge in [0, 0.05) is 4.88 Å². The number of rotatable bonds is 3. The van der Waals surface area contributed by atoms with Gasteiger partial charge in [0.2, 0.25) is 0 Å². The summed E-state index contributed by atoms with van der Waals surface area (Å²) >= 11 is 1.28. The zero-order valence-corrected chi connectivity index (χ0v) is 9.81. The molecule has 0 aliphatic heterocycles. The van der Waals surface area contributed by atoms with Crippen molar-refractivity contribution in [1.29, 1.82) is 0 Å². The molecule has 1 rings (SSSR count). The molecule has 1 heterocycles. The van der Waals surface area contributed by atoms with Crippen molar-refractivity contribution in [3.63, 3.8) is 0 Å². The van der Waals surface area contributed by atoms with Crippen LogP contribution in [0.25, 0.3) is 0 Å². The number of esters is 1. The van der Waals surface area contributed by atoms with Crippen LogP contribution in [0.15, 0.2) is 6.07 Å². The largest absolute Gasteiger partial charge is 0.462 e. The second kappa shape index (κ2) is 5.33. The smallest absolute Gasteiger partial charge is 0.341 e. The van der Waals surface area contributed by atoms with E-state index in [2.05, 4.69) is 5.32 Å². The fourth-order valence-corrected chi connectivity index (χ4v) is 2.00. The molecule has 1 N–H and O–H groups in total. The van der Waals surface area contributed by atoms with Gasteiger partial charge in [-0.1, -0.05) is 0 Å². The summed E-state index contributed by atoms with van der Waals surface area (Å²) in [6.07, 6.45) is 4.94. The van der Waals surface area contributed by atoms with E-state index in [-0.39, 0.29) is 6.61 Å². The van der Waals surface area contributed by atoms with Crippen molar-refractivity contribution in [3.05, 3.63) is 16.5 Å². The third kappa shape index (κ3) is 2.84. The molecular weight excluding hydrogens is 226 g/mol. The van der Waals surface area contributed by atoms with Gasteiger partial charge in [0.1, 0.15) is 5.00 Å². The molecule has 0 fully saturated rings. The topological polar surface area (TPSA) is 55.4 Å². The van der Waals surface area contributed by atoms with Gasteiger partial charge in [-0.25, -0.2) is 4.79 Å². The molecule has 1 aromatic rings. The normalized spacial score (nSPS) is 9.31. The second-order valence-corrected chi connectivity index (χ2v) is 4.18. The number of anilines is 1. The summed E-state index contributed by atoms with van der Waals surface area (Å²) in [7, 11) is 0. The number of amides is 1. The molecular formula is C11H11NO3S. The zero-order valence-electron chi connectivity index (χ0n) is 8.99. The first kappa shape index (κ1) is 12.3. The maximum absolute atomic E-state index is 11.5. The second-order valence-electron chi connectivity index (χ2n) is 2.92. The van der Waals surface area contributed by atoms with Crippen molar-refractivity contribution in [2.45, 2.75) is 13.8 Å². The van der Waals surface area contributed by atoms with E-state index in [9.17, 15) is 9.59 Å². The van der Waals surface area contributed by atoms with Crippen LogP contribution in [0.4, 0.5) is 5.00 Å². The van der Waals surface area contributed by atoms with Gasteiger partial charge in [-0.05, 0) is 25.8 Å². The molecule has 1 amide bonds. The summed E-state index contributed by atoms with van der Waals surface area (Å²) in [5.74, 6) is 0.890. The Balaban J connectivity index is 2.96. The van der Waals surface area contributed by atoms with E-state index in [1.807, 2.05) is 12.8 Å². The van der Waals surface area contributed by atoms with Crippen LogP contribution in [0.2, 0.25) is 0 Å². The van der Waals surface area contributed by atoms with Crippen LogP contribution in [0, 0.1) is 19.3 Å². The van der Waals surface area contributed by atoms with E-state index in [0.29, 0.717) is 10.6 Å². The molecule has 0 radical (unpaired) electrons. The summed E-state index contributed by atoms with van der Waals surface area (Å²) in [5.41, 5.74) is 0.341. The summed E-state index contributed by atoms with van der Waals surface area (Å²) in [6, 6.07) is 1.66. The number of carbonyl (C=O) groups excluding carboxylic acids is 2. The van der Waals surface area contributed by atoms with Crippen LogP contribution in [0.5, 0.6) is 0 Å². The van der Waals surface area contributed by atoms with E-state index >= 15 is 0 Å². The zero-order chi connectivity index (χ0) is 12.1. The minimum atomic E-state index is -0.576. The van der Waals surface area contributed by atoms with Crippen LogP contribution < -0.4 is 5.32 Å². The summed E-state index contributed by atoms with van der Waals surface area (Å²) in [6.45, 7) is 3.84. The van der Waals surface area contributed by atoms with E-state index in [4.69, 9.17) is 11.2 Å². The van der Waals surface area contributed by atoms with Gasteiger partial charge in [0.05, 0.1) is 12.2 Å². The molecule has 0 aromatic carbocycles. The molecule has 5 heteroatoms. The van der Waals surface area contributed by atoms with Gasteiger partial charge in [0.25, 0.3) is 0 Å². The first-order valence-electron chi connectivity index (χ1n) is 4.63. The van der Waals surface area contributed by atoms with Crippen molar-refractivity contribution in [2.75, 3.05) is 11.9 Å². The van der Waals surface area contributed by atoms with Gasteiger partial charge >= 0.3 is 11.9 Å². The van der Waals surface area contributed by atoms with E-state index in [0.717, 1.165) is 4.88 Å². The standard InChI is InChI=1S/C11H11NO3S/c1-4-9(13)12-10-8(6-7(3)16-10)11(14)15-5-2/h1,6H,5H2,2-3H3,(H,12,13). The first-order valence-corrected chi connectivity index (χ1v) is 5.45.